The average Bonchev–Trinajstić information content (AvgIpc) is 3.19. The molecule has 2 aromatic heterocycles. The van der Waals surface area contributed by atoms with Crippen LogP contribution in [0.15, 0.2) is 54.6 Å². The van der Waals surface area contributed by atoms with Crippen LogP contribution in [0.2, 0.25) is 0 Å². The highest BCUT2D eigenvalue weighted by molar-refractivity contribution is 5.90. The Morgan fingerprint density at radius 1 is 1.11 bits per heavy atom. The number of halogens is 3. The van der Waals surface area contributed by atoms with E-state index in [0.29, 0.717) is 34.4 Å². The number of aromatic carboxylic acids is 1. The molecule has 0 amide bonds. The van der Waals surface area contributed by atoms with Crippen molar-refractivity contribution in [3.05, 3.63) is 77.4 Å². The Kier molecular flexibility index (Phi) is 6.92. The third-order valence-electron chi connectivity index (χ3n) is 6.83. The van der Waals surface area contributed by atoms with E-state index in [1.807, 2.05) is 25.1 Å². The van der Waals surface area contributed by atoms with Crippen molar-refractivity contribution in [3.63, 3.8) is 0 Å². The predicted octanol–water partition coefficient (Wildman–Crippen LogP) is 5.77. The van der Waals surface area contributed by atoms with Crippen LogP contribution >= 0.6 is 0 Å². The van der Waals surface area contributed by atoms with Gasteiger partial charge in [-0.3, -0.25) is 0 Å². The van der Waals surface area contributed by atoms with Crippen LogP contribution in [0.4, 0.5) is 19.0 Å². The van der Waals surface area contributed by atoms with Crippen LogP contribution in [0.5, 0.6) is 5.75 Å². The van der Waals surface area contributed by atoms with E-state index in [1.54, 1.807) is 16.7 Å². The Labute approximate surface area is 216 Å². The van der Waals surface area contributed by atoms with Gasteiger partial charge in [0.25, 0.3) is 0 Å². The standard InChI is InChI=1S/C27H26F3N5O3/c1-16(18-6-5-7-18)31-23-22-24(34-25(33-23)26(36)37)32-21(15-38-20-8-3-2-4-9-20)35(22)14-17-10-12-19(13-11-17)27(28,29)30/h2-4,8-13,16,18H,5-7,14-15H2,1H3,(H,36,37)(H,31,33,34)/t16-/m1/s1. The number of anilines is 1. The van der Waals surface area contributed by atoms with Crippen LogP contribution in [-0.4, -0.2) is 36.6 Å². The van der Waals surface area contributed by atoms with Crippen molar-refractivity contribution >= 4 is 23.0 Å². The van der Waals surface area contributed by atoms with Crippen molar-refractivity contribution in [1.82, 2.24) is 19.5 Å². The first-order valence-electron chi connectivity index (χ1n) is 12.3. The number of imidazole rings is 1. The Morgan fingerprint density at radius 3 is 2.42 bits per heavy atom. The number of fused-ring (bicyclic) bond motifs is 1. The summed E-state index contributed by atoms with van der Waals surface area (Å²) in [4.78, 5) is 24.8. The van der Waals surface area contributed by atoms with Crippen LogP contribution < -0.4 is 10.1 Å². The van der Waals surface area contributed by atoms with Crippen molar-refractivity contribution in [3.8, 4) is 5.75 Å². The molecule has 2 N–H and O–H groups in total. The summed E-state index contributed by atoms with van der Waals surface area (Å²) in [5.74, 6) is 0.105. The number of carboxylic acids is 1. The van der Waals surface area contributed by atoms with E-state index in [4.69, 9.17) is 4.74 Å². The Bertz CT molecular complexity index is 1430. The second-order valence-corrected chi connectivity index (χ2v) is 9.41. The summed E-state index contributed by atoms with van der Waals surface area (Å²) >= 11 is 0. The van der Waals surface area contributed by atoms with Gasteiger partial charge in [-0.1, -0.05) is 36.8 Å². The number of aromatic nitrogens is 4. The molecule has 8 nitrogen and oxygen atoms in total. The lowest BCUT2D eigenvalue weighted by atomic mass is 9.80. The first-order chi connectivity index (χ1) is 18.2. The average molecular weight is 526 g/mol. The SMILES string of the molecule is C[C@@H](Nc1nc(C(=O)O)nc2nc(COc3ccccc3)n(Cc3ccc(C(F)(F)F)cc3)c12)C1CCC1. The quantitative estimate of drug-likeness (QED) is 0.286. The molecule has 1 atom stereocenters. The maximum Gasteiger partial charge on any atom is 0.416 e. The number of ether oxygens (including phenoxy) is 1. The van der Waals surface area contributed by atoms with E-state index in [0.717, 1.165) is 31.4 Å². The van der Waals surface area contributed by atoms with E-state index >= 15 is 0 Å². The molecule has 1 aliphatic rings. The van der Waals surface area contributed by atoms with Crippen LogP contribution in [0, 0.1) is 5.92 Å². The van der Waals surface area contributed by atoms with Crippen LogP contribution in [-0.2, 0) is 19.3 Å². The number of nitrogens with zero attached hydrogens (tertiary/aromatic N) is 4. The molecule has 0 saturated heterocycles. The molecule has 11 heteroatoms. The zero-order valence-corrected chi connectivity index (χ0v) is 20.6. The van der Waals surface area contributed by atoms with Crippen LogP contribution in [0.3, 0.4) is 0 Å². The van der Waals surface area contributed by atoms with Gasteiger partial charge in [0, 0.05) is 12.6 Å². The molecule has 1 fully saturated rings. The van der Waals surface area contributed by atoms with Gasteiger partial charge in [-0.2, -0.15) is 13.2 Å². The largest absolute Gasteiger partial charge is 0.486 e. The number of para-hydroxylation sites is 1. The van der Waals surface area contributed by atoms with Gasteiger partial charge in [0.2, 0.25) is 5.82 Å². The molecule has 1 saturated carbocycles. The molecule has 4 aromatic rings. The van der Waals surface area contributed by atoms with E-state index in [2.05, 4.69) is 20.3 Å². The van der Waals surface area contributed by atoms with Crippen molar-refractivity contribution in [2.24, 2.45) is 5.92 Å². The number of hydrogen-bond donors (Lipinski definition) is 2. The highest BCUT2D eigenvalue weighted by Crippen LogP contribution is 2.33. The monoisotopic (exact) mass is 525 g/mol. The minimum absolute atomic E-state index is 0.0288. The Morgan fingerprint density at radius 2 is 1.82 bits per heavy atom. The molecule has 2 aromatic carbocycles. The highest BCUT2D eigenvalue weighted by Gasteiger charge is 2.30. The van der Waals surface area contributed by atoms with Gasteiger partial charge in [-0.15, -0.1) is 0 Å². The van der Waals surface area contributed by atoms with Gasteiger partial charge >= 0.3 is 12.1 Å². The summed E-state index contributed by atoms with van der Waals surface area (Å²) in [6.45, 7) is 2.21. The molecular formula is C27H26F3N5O3. The first kappa shape index (κ1) is 25.5. The maximum atomic E-state index is 13.1. The molecular weight excluding hydrogens is 499 g/mol. The molecule has 0 unspecified atom stereocenters. The first-order valence-corrected chi connectivity index (χ1v) is 12.3. The highest BCUT2D eigenvalue weighted by atomic mass is 19.4. The topological polar surface area (TPSA) is 102 Å². The number of alkyl halides is 3. The number of hydrogen-bond acceptors (Lipinski definition) is 6. The third-order valence-corrected chi connectivity index (χ3v) is 6.83. The molecule has 1 aliphatic carbocycles. The summed E-state index contributed by atoms with van der Waals surface area (Å²) in [6.07, 6.45) is -1.17. The van der Waals surface area contributed by atoms with Gasteiger partial charge in [0.1, 0.15) is 23.7 Å². The predicted molar refractivity (Wildman–Crippen MR) is 134 cm³/mol. The summed E-state index contributed by atoms with van der Waals surface area (Å²) < 4.78 is 47.0. The summed E-state index contributed by atoms with van der Waals surface area (Å²) in [6, 6.07) is 14.0. The summed E-state index contributed by atoms with van der Waals surface area (Å²) in [5.41, 5.74) is 0.487. The van der Waals surface area contributed by atoms with Gasteiger partial charge in [-0.05, 0) is 55.5 Å². The second kappa shape index (κ2) is 10.3. The van der Waals surface area contributed by atoms with E-state index < -0.39 is 23.5 Å². The Balaban J connectivity index is 1.58. The van der Waals surface area contributed by atoms with E-state index in [-0.39, 0.29) is 24.8 Å². The Hall–Kier alpha value is -4.15. The van der Waals surface area contributed by atoms with Gasteiger partial charge in [-0.25, -0.2) is 19.7 Å². The lowest BCUT2D eigenvalue weighted by Crippen LogP contribution is -2.31. The maximum absolute atomic E-state index is 13.1. The summed E-state index contributed by atoms with van der Waals surface area (Å²) in [5, 5.41) is 13.0. The molecule has 5 rings (SSSR count). The number of carboxylic acid groups (broad SMARTS) is 1. The normalized spacial score (nSPS) is 14.7. The minimum atomic E-state index is -4.44. The van der Waals surface area contributed by atoms with Gasteiger partial charge < -0.3 is 19.7 Å². The van der Waals surface area contributed by atoms with Gasteiger partial charge in [0.05, 0.1) is 5.56 Å². The van der Waals surface area contributed by atoms with Crippen molar-refractivity contribution in [2.45, 2.75) is 51.6 Å². The fraction of sp³-hybridized carbons (Fsp3) is 0.333. The smallest absolute Gasteiger partial charge is 0.416 e. The van der Waals surface area contributed by atoms with E-state index in [9.17, 15) is 23.1 Å². The second-order valence-electron chi connectivity index (χ2n) is 9.41. The molecule has 0 bridgehead atoms. The fourth-order valence-electron chi connectivity index (χ4n) is 4.48. The third kappa shape index (κ3) is 5.41. The number of rotatable bonds is 9. The molecule has 0 aliphatic heterocycles. The molecule has 198 valence electrons. The van der Waals surface area contributed by atoms with Gasteiger partial charge in [0.15, 0.2) is 11.5 Å². The number of carbonyl (C=O) groups is 1. The lowest BCUT2D eigenvalue weighted by Gasteiger charge is -2.32. The zero-order chi connectivity index (χ0) is 26.9. The molecule has 38 heavy (non-hydrogen) atoms. The minimum Gasteiger partial charge on any atom is -0.486 e. The zero-order valence-electron chi connectivity index (χ0n) is 20.6. The fourth-order valence-corrected chi connectivity index (χ4v) is 4.48. The molecule has 2 heterocycles. The van der Waals surface area contributed by atoms with Crippen molar-refractivity contribution in [2.75, 3.05) is 5.32 Å². The lowest BCUT2D eigenvalue weighted by molar-refractivity contribution is -0.137. The number of benzene rings is 2. The van der Waals surface area contributed by atoms with Crippen molar-refractivity contribution < 1.29 is 27.8 Å². The number of nitrogens with one attached hydrogen (secondary N) is 1. The summed E-state index contributed by atoms with van der Waals surface area (Å²) in [7, 11) is 0. The molecule has 0 radical (unpaired) electrons. The van der Waals surface area contributed by atoms with E-state index in [1.165, 1.54) is 12.1 Å². The van der Waals surface area contributed by atoms with Crippen LogP contribution in [0.25, 0.3) is 11.2 Å². The molecule has 0 spiro atoms. The van der Waals surface area contributed by atoms with Crippen LogP contribution in [0.1, 0.15) is 53.8 Å². The van der Waals surface area contributed by atoms with Crippen molar-refractivity contribution in [1.29, 1.82) is 0 Å².